The van der Waals surface area contributed by atoms with E-state index in [1.807, 2.05) is 0 Å². The number of rotatable bonds is 1. The molecule has 0 aromatic carbocycles. The van der Waals surface area contributed by atoms with Crippen LogP contribution in [0.1, 0.15) is 26.2 Å². The summed E-state index contributed by atoms with van der Waals surface area (Å²) in [5, 5.41) is 2.90. The maximum absolute atomic E-state index is 11.9. The van der Waals surface area contributed by atoms with E-state index in [9.17, 15) is 4.79 Å². The molecule has 0 aliphatic carbocycles. The SMILES string of the molecule is C=C1CCC2(CCN(CC)C2)C(=O)N1. The molecule has 1 unspecified atom stereocenters. The van der Waals surface area contributed by atoms with E-state index < -0.39 is 0 Å². The summed E-state index contributed by atoms with van der Waals surface area (Å²) in [4.78, 5) is 14.2. The fourth-order valence-corrected chi connectivity index (χ4v) is 2.48. The molecule has 1 N–H and O–H groups in total. The van der Waals surface area contributed by atoms with Gasteiger partial charge in [0.05, 0.1) is 5.41 Å². The van der Waals surface area contributed by atoms with Crippen molar-refractivity contribution in [2.75, 3.05) is 19.6 Å². The summed E-state index contributed by atoms with van der Waals surface area (Å²) < 4.78 is 0. The molecule has 1 atom stereocenters. The summed E-state index contributed by atoms with van der Waals surface area (Å²) in [7, 11) is 0. The number of amides is 1. The van der Waals surface area contributed by atoms with Gasteiger partial charge in [0.2, 0.25) is 5.91 Å². The molecule has 2 saturated heterocycles. The Morgan fingerprint density at radius 3 is 2.93 bits per heavy atom. The van der Waals surface area contributed by atoms with Crippen LogP contribution in [-0.2, 0) is 4.79 Å². The van der Waals surface area contributed by atoms with Crippen LogP contribution in [0.5, 0.6) is 0 Å². The average molecular weight is 194 g/mol. The fraction of sp³-hybridized carbons (Fsp3) is 0.727. The second-order valence-electron chi connectivity index (χ2n) is 4.46. The van der Waals surface area contributed by atoms with E-state index in [4.69, 9.17) is 0 Å². The van der Waals surface area contributed by atoms with Gasteiger partial charge in [-0.25, -0.2) is 0 Å². The summed E-state index contributed by atoms with van der Waals surface area (Å²) in [5.74, 6) is 0.199. The van der Waals surface area contributed by atoms with Gasteiger partial charge in [-0.3, -0.25) is 4.79 Å². The van der Waals surface area contributed by atoms with E-state index >= 15 is 0 Å². The van der Waals surface area contributed by atoms with Crippen LogP contribution in [0, 0.1) is 5.41 Å². The van der Waals surface area contributed by atoms with Crippen molar-refractivity contribution in [1.82, 2.24) is 10.2 Å². The Hall–Kier alpha value is -0.830. The highest BCUT2D eigenvalue weighted by molar-refractivity contribution is 5.85. The lowest BCUT2D eigenvalue weighted by molar-refractivity contribution is -0.131. The molecular formula is C11H18N2O. The lowest BCUT2D eigenvalue weighted by Gasteiger charge is -2.33. The number of nitrogens with one attached hydrogen (secondary N) is 1. The minimum atomic E-state index is -0.1000. The molecule has 0 radical (unpaired) electrons. The van der Waals surface area contributed by atoms with Gasteiger partial charge in [-0.15, -0.1) is 0 Å². The van der Waals surface area contributed by atoms with E-state index in [-0.39, 0.29) is 11.3 Å². The van der Waals surface area contributed by atoms with Gasteiger partial charge >= 0.3 is 0 Å². The molecule has 14 heavy (non-hydrogen) atoms. The Morgan fingerprint density at radius 2 is 2.36 bits per heavy atom. The van der Waals surface area contributed by atoms with Crippen LogP contribution >= 0.6 is 0 Å². The molecule has 3 nitrogen and oxygen atoms in total. The van der Waals surface area contributed by atoms with E-state index in [0.29, 0.717) is 0 Å². The highest BCUT2D eigenvalue weighted by Crippen LogP contribution is 2.38. The molecule has 2 fully saturated rings. The minimum absolute atomic E-state index is 0.1000. The summed E-state index contributed by atoms with van der Waals surface area (Å²) in [5.41, 5.74) is 0.785. The van der Waals surface area contributed by atoms with Gasteiger partial charge < -0.3 is 10.2 Å². The van der Waals surface area contributed by atoms with Crippen molar-refractivity contribution in [3.05, 3.63) is 12.3 Å². The van der Waals surface area contributed by atoms with Gasteiger partial charge in [-0.2, -0.15) is 0 Å². The van der Waals surface area contributed by atoms with Crippen molar-refractivity contribution < 1.29 is 4.79 Å². The molecule has 2 heterocycles. The minimum Gasteiger partial charge on any atom is -0.330 e. The fourth-order valence-electron chi connectivity index (χ4n) is 2.48. The molecule has 1 amide bonds. The molecule has 3 heteroatoms. The number of piperidine rings is 1. The van der Waals surface area contributed by atoms with Crippen LogP contribution in [0.15, 0.2) is 12.3 Å². The van der Waals surface area contributed by atoms with Gasteiger partial charge in [0, 0.05) is 12.2 Å². The van der Waals surface area contributed by atoms with E-state index in [2.05, 4.69) is 23.7 Å². The Bertz CT molecular complexity index is 274. The molecule has 0 saturated carbocycles. The van der Waals surface area contributed by atoms with Crippen LogP contribution in [0.25, 0.3) is 0 Å². The lowest BCUT2D eigenvalue weighted by Crippen LogP contribution is -2.46. The highest BCUT2D eigenvalue weighted by Gasteiger charge is 2.45. The first-order chi connectivity index (χ1) is 6.66. The maximum Gasteiger partial charge on any atom is 0.231 e. The van der Waals surface area contributed by atoms with Crippen LogP contribution < -0.4 is 5.32 Å². The Labute approximate surface area is 85.2 Å². The predicted molar refractivity (Wildman–Crippen MR) is 55.7 cm³/mol. The normalized spacial score (nSPS) is 33.8. The first kappa shape index (κ1) is 9.71. The third-order valence-corrected chi connectivity index (χ3v) is 3.56. The molecule has 2 aliphatic rings. The molecule has 1 spiro atoms. The van der Waals surface area contributed by atoms with E-state index in [1.54, 1.807) is 0 Å². The predicted octanol–water partition coefficient (Wildman–Crippen LogP) is 1.12. The molecule has 0 aromatic heterocycles. The van der Waals surface area contributed by atoms with Gasteiger partial charge in [0.1, 0.15) is 0 Å². The first-order valence-electron chi connectivity index (χ1n) is 5.38. The van der Waals surface area contributed by atoms with Gasteiger partial charge in [-0.1, -0.05) is 13.5 Å². The molecule has 78 valence electrons. The first-order valence-corrected chi connectivity index (χ1v) is 5.38. The monoisotopic (exact) mass is 194 g/mol. The van der Waals surface area contributed by atoms with E-state index in [0.717, 1.165) is 44.6 Å². The Morgan fingerprint density at radius 1 is 1.57 bits per heavy atom. The Balaban J connectivity index is 2.10. The number of carbonyl (C=O) groups excluding carboxylic acids is 1. The third kappa shape index (κ3) is 1.46. The number of likely N-dealkylation sites (tertiary alicyclic amines) is 1. The second kappa shape index (κ2) is 3.39. The molecular weight excluding hydrogens is 176 g/mol. The quantitative estimate of drug-likeness (QED) is 0.678. The third-order valence-electron chi connectivity index (χ3n) is 3.56. The summed E-state index contributed by atoms with van der Waals surface area (Å²) in [6.45, 7) is 9.01. The van der Waals surface area contributed by atoms with Crippen molar-refractivity contribution in [3.8, 4) is 0 Å². The number of carbonyl (C=O) groups is 1. The van der Waals surface area contributed by atoms with Gasteiger partial charge in [-0.05, 0) is 32.4 Å². The lowest BCUT2D eigenvalue weighted by atomic mass is 9.78. The second-order valence-corrected chi connectivity index (χ2v) is 4.46. The van der Waals surface area contributed by atoms with Gasteiger partial charge in [0.15, 0.2) is 0 Å². The van der Waals surface area contributed by atoms with Crippen molar-refractivity contribution in [3.63, 3.8) is 0 Å². The zero-order chi connectivity index (χ0) is 10.2. The average Bonchev–Trinajstić information content (AvgIpc) is 2.58. The van der Waals surface area contributed by atoms with Crippen molar-refractivity contribution >= 4 is 5.91 Å². The summed E-state index contributed by atoms with van der Waals surface area (Å²) >= 11 is 0. The smallest absolute Gasteiger partial charge is 0.231 e. The number of nitrogens with zero attached hydrogens (tertiary/aromatic N) is 1. The largest absolute Gasteiger partial charge is 0.330 e. The van der Waals surface area contributed by atoms with Crippen LogP contribution in [0.4, 0.5) is 0 Å². The van der Waals surface area contributed by atoms with Crippen molar-refractivity contribution in [2.45, 2.75) is 26.2 Å². The zero-order valence-corrected chi connectivity index (χ0v) is 8.81. The molecule has 2 rings (SSSR count). The molecule has 0 aromatic rings. The molecule has 0 bridgehead atoms. The van der Waals surface area contributed by atoms with Crippen LogP contribution in [0.3, 0.4) is 0 Å². The Kier molecular flexibility index (Phi) is 2.35. The number of allylic oxidation sites excluding steroid dienone is 1. The molecule has 2 aliphatic heterocycles. The standard InChI is InChI=1S/C11H18N2O/c1-3-13-7-6-11(8-13)5-4-9(2)12-10(11)14/h2-8H2,1H3,(H,12,14). The summed E-state index contributed by atoms with van der Waals surface area (Å²) in [6.07, 6.45) is 2.94. The van der Waals surface area contributed by atoms with Crippen molar-refractivity contribution in [1.29, 1.82) is 0 Å². The zero-order valence-electron chi connectivity index (χ0n) is 8.81. The summed E-state index contributed by atoms with van der Waals surface area (Å²) in [6, 6.07) is 0. The van der Waals surface area contributed by atoms with Crippen LogP contribution in [0.2, 0.25) is 0 Å². The van der Waals surface area contributed by atoms with Crippen molar-refractivity contribution in [2.24, 2.45) is 5.41 Å². The number of hydrogen-bond acceptors (Lipinski definition) is 2. The number of hydrogen-bond donors (Lipinski definition) is 1. The van der Waals surface area contributed by atoms with E-state index in [1.165, 1.54) is 0 Å². The van der Waals surface area contributed by atoms with Crippen LogP contribution in [-0.4, -0.2) is 30.4 Å². The topological polar surface area (TPSA) is 32.3 Å². The highest BCUT2D eigenvalue weighted by atomic mass is 16.2. The maximum atomic E-state index is 11.9. The van der Waals surface area contributed by atoms with Gasteiger partial charge in [0.25, 0.3) is 0 Å².